The van der Waals surface area contributed by atoms with Crippen LogP contribution in [0.3, 0.4) is 0 Å². The summed E-state index contributed by atoms with van der Waals surface area (Å²) in [4.78, 5) is 32.7. The fraction of sp³-hybridized carbons (Fsp3) is 0.148. The molecule has 0 spiro atoms. The minimum Gasteiger partial charge on any atom is -0.507 e. The SMILES string of the molecule is COc1cccc(C2/C(=C(\O)c3cc(Cl)c(OC)c(Cl)c3OC)C(=O)C(=O)N2c2nc3ccc(F)cc3s2)c1. The van der Waals surface area contributed by atoms with Gasteiger partial charge < -0.3 is 19.3 Å². The average Bonchev–Trinajstić information content (AvgIpc) is 3.45. The van der Waals surface area contributed by atoms with Gasteiger partial charge in [-0.1, -0.05) is 46.7 Å². The minimum atomic E-state index is -1.13. The predicted molar refractivity (Wildman–Crippen MR) is 147 cm³/mol. The minimum absolute atomic E-state index is 0.0125. The summed E-state index contributed by atoms with van der Waals surface area (Å²) in [6.45, 7) is 0. The highest BCUT2D eigenvalue weighted by Crippen LogP contribution is 2.49. The number of hydrogen-bond acceptors (Lipinski definition) is 8. The summed E-state index contributed by atoms with van der Waals surface area (Å²) >= 11 is 13.8. The van der Waals surface area contributed by atoms with Crippen molar-refractivity contribution in [3.05, 3.63) is 81.1 Å². The number of ketones is 1. The van der Waals surface area contributed by atoms with Gasteiger partial charge in [0.2, 0.25) is 0 Å². The summed E-state index contributed by atoms with van der Waals surface area (Å²) in [6, 6.07) is 10.9. The van der Waals surface area contributed by atoms with E-state index in [4.69, 9.17) is 37.4 Å². The Morgan fingerprint density at radius 2 is 1.77 bits per heavy atom. The lowest BCUT2D eigenvalue weighted by atomic mass is 9.95. The first-order valence-electron chi connectivity index (χ1n) is 11.3. The van der Waals surface area contributed by atoms with Gasteiger partial charge in [0, 0.05) is 0 Å². The Labute approximate surface area is 235 Å². The molecule has 0 saturated carbocycles. The van der Waals surface area contributed by atoms with E-state index in [1.165, 1.54) is 50.5 Å². The Kier molecular flexibility index (Phi) is 7.11. The van der Waals surface area contributed by atoms with Gasteiger partial charge in [-0.2, -0.15) is 0 Å². The summed E-state index contributed by atoms with van der Waals surface area (Å²) < 4.78 is 30.4. The van der Waals surface area contributed by atoms with Crippen LogP contribution in [0, 0.1) is 5.82 Å². The zero-order valence-electron chi connectivity index (χ0n) is 20.6. The lowest BCUT2D eigenvalue weighted by molar-refractivity contribution is -0.132. The van der Waals surface area contributed by atoms with Gasteiger partial charge in [0.15, 0.2) is 16.6 Å². The average molecular weight is 589 g/mol. The molecule has 3 aromatic carbocycles. The van der Waals surface area contributed by atoms with Crippen LogP contribution >= 0.6 is 34.5 Å². The first-order valence-corrected chi connectivity index (χ1v) is 12.9. The molecule has 1 fully saturated rings. The molecule has 0 bridgehead atoms. The number of fused-ring (bicyclic) bond motifs is 1. The number of aliphatic hydroxyl groups excluding tert-OH is 1. The van der Waals surface area contributed by atoms with Crippen LogP contribution in [-0.4, -0.2) is 43.1 Å². The van der Waals surface area contributed by atoms with Gasteiger partial charge in [0.1, 0.15) is 22.3 Å². The molecule has 8 nitrogen and oxygen atoms in total. The van der Waals surface area contributed by atoms with Crippen molar-refractivity contribution < 1.29 is 33.3 Å². The number of carbonyl (C=O) groups excluding carboxylic acids is 2. The number of aliphatic hydroxyl groups is 1. The number of ether oxygens (including phenoxy) is 3. The van der Waals surface area contributed by atoms with Crippen molar-refractivity contribution in [3.8, 4) is 17.2 Å². The molecule has 5 rings (SSSR count). The number of aromatic nitrogens is 1. The van der Waals surface area contributed by atoms with Crippen LogP contribution in [0.4, 0.5) is 9.52 Å². The molecular weight excluding hydrogens is 570 g/mol. The Morgan fingerprint density at radius 1 is 1.03 bits per heavy atom. The van der Waals surface area contributed by atoms with Crippen LogP contribution in [0.25, 0.3) is 16.0 Å². The van der Waals surface area contributed by atoms with Crippen LogP contribution in [0.5, 0.6) is 17.2 Å². The van der Waals surface area contributed by atoms with E-state index in [0.29, 0.717) is 21.5 Å². The van der Waals surface area contributed by atoms with E-state index in [9.17, 15) is 19.1 Å². The number of methoxy groups -OCH3 is 3. The van der Waals surface area contributed by atoms with Gasteiger partial charge in [0.25, 0.3) is 5.78 Å². The molecule has 12 heteroatoms. The Balaban J connectivity index is 1.79. The van der Waals surface area contributed by atoms with Gasteiger partial charge >= 0.3 is 5.91 Å². The quantitative estimate of drug-likeness (QED) is 0.158. The van der Waals surface area contributed by atoms with Gasteiger partial charge in [-0.05, 0) is 42.0 Å². The third kappa shape index (κ3) is 4.44. The predicted octanol–water partition coefficient (Wildman–Crippen LogP) is 6.39. The van der Waals surface area contributed by atoms with Crippen molar-refractivity contribution >= 4 is 67.3 Å². The molecule has 1 saturated heterocycles. The van der Waals surface area contributed by atoms with Crippen molar-refractivity contribution in [2.75, 3.05) is 26.2 Å². The number of amides is 1. The zero-order chi connectivity index (χ0) is 28.0. The Bertz CT molecular complexity index is 1690. The highest BCUT2D eigenvalue weighted by atomic mass is 35.5. The maximum absolute atomic E-state index is 13.9. The standard InChI is InChI=1S/C27H19Cl2FN2O6S/c1-36-14-6-4-5-12(9-14)21-19(22(33)15-11-16(28)25(38-3)20(29)24(15)37-2)23(34)26(35)32(21)27-31-17-8-7-13(30)10-18(17)39-27/h4-11,21,33H,1-3H3/b22-19+. The number of Topliss-reactive ketones (excluding diaryl/α,β-unsaturated/α-hetero) is 1. The number of halogens is 3. The highest BCUT2D eigenvalue weighted by molar-refractivity contribution is 7.22. The lowest BCUT2D eigenvalue weighted by Crippen LogP contribution is -2.29. The number of rotatable bonds is 6. The van der Waals surface area contributed by atoms with E-state index < -0.39 is 29.3 Å². The van der Waals surface area contributed by atoms with Gasteiger partial charge in [-0.3, -0.25) is 14.5 Å². The third-order valence-electron chi connectivity index (χ3n) is 6.19. The van der Waals surface area contributed by atoms with E-state index in [1.807, 2.05) is 0 Å². The maximum atomic E-state index is 13.9. The van der Waals surface area contributed by atoms with Crippen LogP contribution in [0.1, 0.15) is 17.2 Å². The van der Waals surface area contributed by atoms with Crippen molar-refractivity contribution in [2.45, 2.75) is 6.04 Å². The molecule has 1 aromatic heterocycles. The Hall–Kier alpha value is -3.86. The lowest BCUT2D eigenvalue weighted by Gasteiger charge is -2.23. The van der Waals surface area contributed by atoms with Crippen LogP contribution in [-0.2, 0) is 9.59 Å². The smallest absolute Gasteiger partial charge is 0.301 e. The molecular formula is C27H19Cl2FN2O6S. The molecule has 1 aliphatic heterocycles. The number of thiazole rings is 1. The molecule has 200 valence electrons. The number of nitrogens with zero attached hydrogens (tertiary/aromatic N) is 2. The van der Waals surface area contributed by atoms with E-state index in [-0.39, 0.29) is 37.8 Å². The molecule has 1 atom stereocenters. The normalized spacial score (nSPS) is 16.7. The second-order valence-electron chi connectivity index (χ2n) is 8.34. The largest absolute Gasteiger partial charge is 0.507 e. The molecule has 4 aromatic rings. The van der Waals surface area contributed by atoms with Gasteiger partial charge in [0.05, 0.1) is 53.7 Å². The summed E-state index contributed by atoms with van der Waals surface area (Å²) in [5.41, 5.74) is 0.614. The molecule has 2 heterocycles. The molecule has 1 unspecified atom stereocenters. The summed E-state index contributed by atoms with van der Waals surface area (Å²) in [5.74, 6) is -2.40. The highest BCUT2D eigenvalue weighted by Gasteiger charge is 2.48. The summed E-state index contributed by atoms with van der Waals surface area (Å²) in [5, 5.41) is 11.7. The van der Waals surface area contributed by atoms with Crippen LogP contribution < -0.4 is 19.1 Å². The molecule has 1 amide bonds. The summed E-state index contributed by atoms with van der Waals surface area (Å²) in [7, 11) is 4.17. The van der Waals surface area contributed by atoms with E-state index in [2.05, 4.69) is 4.98 Å². The monoisotopic (exact) mass is 588 g/mol. The van der Waals surface area contributed by atoms with Crippen molar-refractivity contribution in [3.63, 3.8) is 0 Å². The fourth-order valence-electron chi connectivity index (χ4n) is 4.44. The molecule has 1 aliphatic rings. The second-order valence-corrected chi connectivity index (χ2v) is 10.1. The van der Waals surface area contributed by atoms with Crippen LogP contribution in [0.2, 0.25) is 10.0 Å². The maximum Gasteiger partial charge on any atom is 0.301 e. The zero-order valence-corrected chi connectivity index (χ0v) is 22.9. The topological polar surface area (TPSA) is 98.2 Å². The van der Waals surface area contributed by atoms with Gasteiger partial charge in [-0.25, -0.2) is 9.37 Å². The van der Waals surface area contributed by atoms with Gasteiger partial charge in [-0.15, -0.1) is 0 Å². The van der Waals surface area contributed by atoms with E-state index in [0.717, 1.165) is 11.3 Å². The molecule has 39 heavy (non-hydrogen) atoms. The number of hydrogen-bond donors (Lipinski definition) is 1. The van der Waals surface area contributed by atoms with E-state index in [1.54, 1.807) is 24.3 Å². The van der Waals surface area contributed by atoms with Crippen molar-refractivity contribution in [2.24, 2.45) is 0 Å². The van der Waals surface area contributed by atoms with E-state index >= 15 is 0 Å². The number of anilines is 1. The van der Waals surface area contributed by atoms with Crippen molar-refractivity contribution in [1.29, 1.82) is 0 Å². The molecule has 0 radical (unpaired) electrons. The third-order valence-corrected chi connectivity index (χ3v) is 7.84. The van der Waals surface area contributed by atoms with Crippen LogP contribution in [0.15, 0.2) is 54.1 Å². The fourth-order valence-corrected chi connectivity index (χ4v) is 6.14. The van der Waals surface area contributed by atoms with Crippen molar-refractivity contribution in [1.82, 2.24) is 4.98 Å². The number of carbonyl (C=O) groups is 2. The first-order chi connectivity index (χ1) is 18.7. The Morgan fingerprint density at radius 3 is 2.46 bits per heavy atom. The first kappa shape index (κ1) is 26.7. The second kappa shape index (κ2) is 10.4. The molecule has 1 N–H and O–H groups in total. The summed E-state index contributed by atoms with van der Waals surface area (Å²) in [6.07, 6.45) is 0. The molecule has 0 aliphatic carbocycles. The number of benzene rings is 3.